The zero-order chi connectivity index (χ0) is 17.0. The van der Waals surface area contributed by atoms with Crippen molar-refractivity contribution in [1.29, 1.82) is 0 Å². The van der Waals surface area contributed by atoms with Crippen LogP contribution >= 0.6 is 35.4 Å². The van der Waals surface area contributed by atoms with E-state index in [-0.39, 0.29) is 10.9 Å². The quantitative estimate of drug-likeness (QED) is 0.669. The van der Waals surface area contributed by atoms with E-state index in [0.29, 0.717) is 21.4 Å². The molecule has 0 aliphatic rings. The average Bonchev–Trinajstić information content (AvgIpc) is 2.44. The fraction of sp³-hybridized carbons (Fsp3) is 0.133. The van der Waals surface area contributed by atoms with E-state index < -0.39 is 6.61 Å². The number of hydrogen-bond acceptors (Lipinski definition) is 2. The van der Waals surface area contributed by atoms with Gasteiger partial charge in [-0.25, -0.2) is 0 Å². The van der Waals surface area contributed by atoms with Crippen LogP contribution in [-0.2, 0) is 0 Å². The van der Waals surface area contributed by atoms with Gasteiger partial charge < -0.3 is 15.4 Å². The number of halogens is 4. The van der Waals surface area contributed by atoms with Gasteiger partial charge in [0.05, 0.1) is 16.4 Å². The second-order valence-electron chi connectivity index (χ2n) is 4.58. The molecule has 0 aliphatic heterocycles. The number of thiocarbonyl (C=S) groups is 1. The van der Waals surface area contributed by atoms with E-state index >= 15 is 0 Å². The van der Waals surface area contributed by atoms with E-state index in [2.05, 4.69) is 15.4 Å². The molecule has 0 bridgehead atoms. The summed E-state index contributed by atoms with van der Waals surface area (Å²) in [5.41, 5.74) is 1.64. The van der Waals surface area contributed by atoms with Crippen molar-refractivity contribution >= 4 is 51.9 Å². The van der Waals surface area contributed by atoms with Crippen LogP contribution in [0.25, 0.3) is 0 Å². The number of nitrogens with one attached hydrogen (secondary N) is 2. The minimum Gasteiger partial charge on any atom is -0.433 e. The van der Waals surface area contributed by atoms with Crippen LogP contribution in [0, 0.1) is 6.92 Å². The highest BCUT2D eigenvalue weighted by molar-refractivity contribution is 7.80. The molecule has 2 aromatic rings. The van der Waals surface area contributed by atoms with Crippen molar-refractivity contribution in [3.63, 3.8) is 0 Å². The van der Waals surface area contributed by atoms with Crippen LogP contribution in [0.5, 0.6) is 5.75 Å². The molecule has 2 aromatic carbocycles. The number of alkyl halides is 2. The van der Waals surface area contributed by atoms with Gasteiger partial charge in [-0.05, 0) is 55.0 Å². The maximum Gasteiger partial charge on any atom is 0.387 e. The van der Waals surface area contributed by atoms with Crippen molar-refractivity contribution < 1.29 is 13.5 Å². The topological polar surface area (TPSA) is 33.3 Å². The van der Waals surface area contributed by atoms with Crippen molar-refractivity contribution in [2.75, 3.05) is 10.6 Å². The minimum atomic E-state index is -2.93. The van der Waals surface area contributed by atoms with Crippen molar-refractivity contribution in [2.24, 2.45) is 0 Å². The van der Waals surface area contributed by atoms with E-state index in [1.165, 1.54) is 6.07 Å². The van der Waals surface area contributed by atoms with Gasteiger partial charge in [0, 0.05) is 5.02 Å². The van der Waals surface area contributed by atoms with Crippen molar-refractivity contribution in [1.82, 2.24) is 0 Å². The molecule has 0 atom stereocenters. The van der Waals surface area contributed by atoms with Crippen LogP contribution < -0.4 is 15.4 Å². The Balaban J connectivity index is 2.13. The Morgan fingerprint density at radius 3 is 2.39 bits per heavy atom. The number of hydrogen-bond donors (Lipinski definition) is 2. The summed E-state index contributed by atoms with van der Waals surface area (Å²) in [4.78, 5) is 0. The van der Waals surface area contributed by atoms with Gasteiger partial charge in [0.25, 0.3) is 0 Å². The molecule has 2 N–H and O–H groups in total. The first kappa shape index (κ1) is 17.7. The molecule has 122 valence electrons. The molecule has 0 unspecified atom stereocenters. The smallest absolute Gasteiger partial charge is 0.387 e. The lowest BCUT2D eigenvalue weighted by Gasteiger charge is -2.15. The van der Waals surface area contributed by atoms with Gasteiger partial charge in [-0.2, -0.15) is 8.78 Å². The molecule has 0 saturated heterocycles. The Kier molecular flexibility index (Phi) is 5.98. The summed E-state index contributed by atoms with van der Waals surface area (Å²) >= 11 is 17.0. The van der Waals surface area contributed by atoms with Gasteiger partial charge in [-0.3, -0.25) is 0 Å². The van der Waals surface area contributed by atoms with Crippen molar-refractivity contribution in [3.05, 3.63) is 52.0 Å². The lowest BCUT2D eigenvalue weighted by molar-refractivity contribution is -0.0493. The second-order valence-corrected chi connectivity index (χ2v) is 5.83. The summed E-state index contributed by atoms with van der Waals surface area (Å²) < 4.78 is 29.4. The fourth-order valence-electron chi connectivity index (χ4n) is 1.79. The lowest BCUT2D eigenvalue weighted by Crippen LogP contribution is -2.20. The summed E-state index contributed by atoms with van der Waals surface area (Å²) in [5.74, 6) is 0.00588. The standard InChI is InChI=1S/C15H12Cl2F2N2OS/c1-8-2-4-12(13(6-8)22-14(18)19)21-15(23)20-11-5-3-9(16)7-10(11)17/h2-7,14H,1H3,(H2,20,21,23). The van der Waals surface area contributed by atoms with Gasteiger partial charge in [-0.1, -0.05) is 29.3 Å². The Bertz CT molecular complexity index is 729. The third-order valence-corrected chi connectivity index (χ3v) is 3.53. The summed E-state index contributed by atoms with van der Waals surface area (Å²) in [5, 5.41) is 6.72. The van der Waals surface area contributed by atoms with Crippen LogP contribution in [0.1, 0.15) is 5.56 Å². The number of anilines is 2. The molecule has 0 aromatic heterocycles. The number of rotatable bonds is 4. The number of aryl methyl sites for hydroxylation is 1. The Morgan fingerprint density at radius 2 is 1.74 bits per heavy atom. The Morgan fingerprint density at radius 1 is 1.09 bits per heavy atom. The molecule has 0 fully saturated rings. The third-order valence-electron chi connectivity index (χ3n) is 2.78. The highest BCUT2D eigenvalue weighted by atomic mass is 35.5. The average molecular weight is 377 g/mol. The Hall–Kier alpha value is -1.63. The summed E-state index contributed by atoms with van der Waals surface area (Å²) in [6.07, 6.45) is 0. The minimum absolute atomic E-state index is 0.00588. The molecule has 8 heteroatoms. The first-order chi connectivity index (χ1) is 10.8. The predicted octanol–water partition coefficient (Wildman–Crippen LogP) is 5.71. The maximum absolute atomic E-state index is 12.5. The normalized spacial score (nSPS) is 10.5. The first-order valence-corrected chi connectivity index (χ1v) is 7.60. The van der Waals surface area contributed by atoms with Gasteiger partial charge >= 0.3 is 6.61 Å². The molecule has 0 heterocycles. The summed E-state index contributed by atoms with van der Waals surface area (Å²) in [7, 11) is 0. The highest BCUT2D eigenvalue weighted by Gasteiger charge is 2.12. The zero-order valence-corrected chi connectivity index (χ0v) is 14.2. The largest absolute Gasteiger partial charge is 0.433 e. The highest BCUT2D eigenvalue weighted by Crippen LogP contribution is 2.29. The summed E-state index contributed by atoms with van der Waals surface area (Å²) in [6.45, 7) is -1.16. The molecule has 23 heavy (non-hydrogen) atoms. The molecule has 3 nitrogen and oxygen atoms in total. The van der Waals surface area contributed by atoms with Gasteiger partial charge in [0.1, 0.15) is 5.75 Å². The first-order valence-electron chi connectivity index (χ1n) is 6.43. The van der Waals surface area contributed by atoms with Crippen LogP contribution in [-0.4, -0.2) is 11.7 Å². The van der Waals surface area contributed by atoms with Gasteiger partial charge in [0.2, 0.25) is 0 Å². The number of benzene rings is 2. The van der Waals surface area contributed by atoms with Crippen LogP contribution in [0.2, 0.25) is 10.0 Å². The van der Waals surface area contributed by atoms with Gasteiger partial charge in [-0.15, -0.1) is 0 Å². The van der Waals surface area contributed by atoms with E-state index in [4.69, 9.17) is 35.4 Å². The van der Waals surface area contributed by atoms with Crippen molar-refractivity contribution in [3.8, 4) is 5.75 Å². The van der Waals surface area contributed by atoms with Crippen LogP contribution in [0.4, 0.5) is 20.2 Å². The van der Waals surface area contributed by atoms with Crippen LogP contribution in [0.15, 0.2) is 36.4 Å². The Labute approximate surface area is 147 Å². The predicted molar refractivity (Wildman–Crippen MR) is 94.1 cm³/mol. The molecule has 0 aliphatic carbocycles. The van der Waals surface area contributed by atoms with E-state index in [1.54, 1.807) is 37.3 Å². The summed E-state index contributed by atoms with van der Waals surface area (Å²) in [6, 6.07) is 9.71. The van der Waals surface area contributed by atoms with Gasteiger partial charge in [0.15, 0.2) is 5.11 Å². The molecule has 0 amide bonds. The molecule has 2 rings (SSSR count). The third kappa shape index (κ3) is 5.20. The van der Waals surface area contributed by atoms with E-state index in [0.717, 1.165) is 5.56 Å². The van der Waals surface area contributed by atoms with E-state index in [1.807, 2.05) is 0 Å². The molecule has 0 saturated carbocycles. The lowest BCUT2D eigenvalue weighted by atomic mass is 10.2. The van der Waals surface area contributed by atoms with Crippen molar-refractivity contribution in [2.45, 2.75) is 13.5 Å². The molecule has 0 radical (unpaired) electrons. The number of ether oxygens (including phenoxy) is 1. The second kappa shape index (κ2) is 7.77. The molecular weight excluding hydrogens is 365 g/mol. The molecular formula is C15H12Cl2F2N2OS. The molecule has 0 spiro atoms. The maximum atomic E-state index is 12.5. The zero-order valence-electron chi connectivity index (χ0n) is 11.9. The van der Waals surface area contributed by atoms with E-state index in [9.17, 15) is 8.78 Å². The monoisotopic (exact) mass is 376 g/mol. The fourth-order valence-corrected chi connectivity index (χ4v) is 2.47. The van der Waals surface area contributed by atoms with Crippen LogP contribution in [0.3, 0.4) is 0 Å². The SMILES string of the molecule is Cc1ccc(NC(=S)Nc2ccc(Cl)cc2Cl)c(OC(F)F)c1.